The van der Waals surface area contributed by atoms with E-state index in [1.807, 2.05) is 31.2 Å². The molecule has 1 N–H and O–H groups in total. The monoisotopic (exact) mass is 370 g/mol. The van der Waals surface area contributed by atoms with Crippen LogP contribution in [-0.2, 0) is 0 Å². The van der Waals surface area contributed by atoms with Gasteiger partial charge in [0.25, 0.3) is 5.91 Å². The number of hydrazone groups is 1. The molecule has 0 bridgehead atoms. The molecule has 5 nitrogen and oxygen atoms in total. The average molecular weight is 370 g/mol. The molecule has 0 unspecified atom stereocenters. The molecular weight excluding hydrogens is 340 g/mol. The minimum absolute atomic E-state index is 0.278. The fraction of sp³-hybridized carbons (Fsp3) is 0.455. The Balaban J connectivity index is 1.71. The molecule has 2 aromatic rings. The topological polar surface area (TPSA) is 63.8 Å². The lowest BCUT2D eigenvalue weighted by Gasteiger charge is -2.06. The first-order chi connectivity index (χ1) is 13.1. The van der Waals surface area contributed by atoms with Crippen LogP contribution in [0.25, 0.3) is 0 Å². The third kappa shape index (κ3) is 7.29. The maximum absolute atomic E-state index is 12.0. The van der Waals surface area contributed by atoms with Crippen molar-refractivity contribution in [3.63, 3.8) is 0 Å². The molecule has 0 spiro atoms. The molecule has 0 aliphatic heterocycles. The van der Waals surface area contributed by atoms with Gasteiger partial charge in [0.1, 0.15) is 17.3 Å². The molecule has 0 aliphatic carbocycles. The predicted octanol–water partition coefficient (Wildman–Crippen LogP) is 5.40. The summed E-state index contributed by atoms with van der Waals surface area (Å²) in [7, 11) is 0. The quantitative estimate of drug-likeness (QED) is 0.327. The third-order valence-corrected chi connectivity index (χ3v) is 4.31. The average Bonchev–Trinajstić information content (AvgIpc) is 3.00. The molecule has 5 heteroatoms. The smallest absolute Gasteiger partial charge is 0.274 e. The summed E-state index contributed by atoms with van der Waals surface area (Å²) >= 11 is 0. The highest BCUT2D eigenvalue weighted by Crippen LogP contribution is 2.14. The number of unbranched alkanes of at least 4 members (excludes halogenated alkanes) is 5. The zero-order valence-corrected chi connectivity index (χ0v) is 16.6. The number of furan rings is 1. The number of aryl methyl sites for hydroxylation is 2. The summed E-state index contributed by atoms with van der Waals surface area (Å²) in [5.74, 6) is 1.87. The fourth-order valence-corrected chi connectivity index (χ4v) is 2.80. The number of rotatable bonds is 11. The van der Waals surface area contributed by atoms with Gasteiger partial charge in [-0.3, -0.25) is 4.79 Å². The summed E-state index contributed by atoms with van der Waals surface area (Å²) in [6, 6.07) is 9.38. The molecule has 0 atom stereocenters. The Morgan fingerprint density at radius 3 is 2.48 bits per heavy atom. The van der Waals surface area contributed by atoms with Gasteiger partial charge in [-0.15, -0.1) is 0 Å². The van der Waals surface area contributed by atoms with Crippen LogP contribution >= 0.6 is 0 Å². The normalized spacial score (nSPS) is 11.1. The third-order valence-electron chi connectivity index (χ3n) is 4.31. The van der Waals surface area contributed by atoms with Crippen LogP contribution in [0.2, 0.25) is 0 Å². The number of amides is 1. The Morgan fingerprint density at radius 2 is 1.81 bits per heavy atom. The van der Waals surface area contributed by atoms with Crippen LogP contribution in [-0.4, -0.2) is 18.7 Å². The fourth-order valence-electron chi connectivity index (χ4n) is 2.80. The largest absolute Gasteiger partial charge is 0.494 e. The Kier molecular flexibility index (Phi) is 8.62. The second kappa shape index (κ2) is 11.2. The number of ether oxygens (including phenoxy) is 1. The predicted molar refractivity (Wildman–Crippen MR) is 109 cm³/mol. The van der Waals surface area contributed by atoms with Gasteiger partial charge in [-0.05, 0) is 56.2 Å². The van der Waals surface area contributed by atoms with E-state index in [1.165, 1.54) is 32.1 Å². The number of carbonyl (C=O) groups excluding carboxylic acids is 1. The molecule has 27 heavy (non-hydrogen) atoms. The summed E-state index contributed by atoms with van der Waals surface area (Å²) < 4.78 is 11.1. The lowest BCUT2D eigenvalue weighted by atomic mass is 10.1. The molecule has 0 fully saturated rings. The van der Waals surface area contributed by atoms with E-state index < -0.39 is 0 Å². The summed E-state index contributed by atoms with van der Waals surface area (Å²) in [5.41, 5.74) is 3.91. The highest BCUT2D eigenvalue weighted by Gasteiger charge is 2.12. The molecule has 0 aliphatic rings. The highest BCUT2D eigenvalue weighted by atomic mass is 16.5. The molecule has 146 valence electrons. The van der Waals surface area contributed by atoms with Crippen molar-refractivity contribution in [1.29, 1.82) is 0 Å². The molecule has 1 heterocycles. The first-order valence-electron chi connectivity index (χ1n) is 9.73. The number of nitrogens with one attached hydrogen (secondary N) is 1. The standard InChI is InChI=1S/C22H30N2O3/c1-4-5-6-7-8-9-14-26-20-12-10-19(11-13-20)16-23-24-22(25)21-15-17(2)27-18(21)3/h10-13,15-16H,4-9,14H2,1-3H3,(H,24,25)/b23-16+. The number of hydrogen-bond acceptors (Lipinski definition) is 4. The van der Waals surface area contributed by atoms with Gasteiger partial charge in [0.05, 0.1) is 18.4 Å². The van der Waals surface area contributed by atoms with Crippen molar-refractivity contribution in [1.82, 2.24) is 5.43 Å². The van der Waals surface area contributed by atoms with Crippen molar-refractivity contribution < 1.29 is 13.9 Å². The first kappa shape index (κ1) is 20.7. The van der Waals surface area contributed by atoms with E-state index in [9.17, 15) is 4.79 Å². The first-order valence-corrected chi connectivity index (χ1v) is 9.73. The lowest BCUT2D eigenvalue weighted by Crippen LogP contribution is -2.17. The van der Waals surface area contributed by atoms with Gasteiger partial charge < -0.3 is 9.15 Å². The Hall–Kier alpha value is -2.56. The summed E-state index contributed by atoms with van der Waals surface area (Å²) in [6.45, 7) is 6.55. The van der Waals surface area contributed by atoms with Crippen LogP contribution in [0.5, 0.6) is 5.75 Å². The minimum atomic E-state index is -0.278. The zero-order valence-electron chi connectivity index (χ0n) is 16.6. The van der Waals surface area contributed by atoms with Crippen LogP contribution < -0.4 is 10.2 Å². The van der Waals surface area contributed by atoms with E-state index in [0.29, 0.717) is 17.1 Å². The second-order valence-electron chi connectivity index (χ2n) is 6.71. The maximum Gasteiger partial charge on any atom is 0.274 e. The van der Waals surface area contributed by atoms with Gasteiger partial charge in [0, 0.05) is 0 Å². The number of hydrogen-bond donors (Lipinski definition) is 1. The lowest BCUT2D eigenvalue weighted by molar-refractivity contribution is 0.0953. The Labute approximate surface area is 161 Å². The molecule has 0 saturated heterocycles. The molecule has 1 aromatic carbocycles. The van der Waals surface area contributed by atoms with E-state index in [-0.39, 0.29) is 5.91 Å². The summed E-state index contributed by atoms with van der Waals surface area (Å²) in [6.07, 6.45) is 9.13. The number of carbonyl (C=O) groups is 1. The van der Waals surface area contributed by atoms with Gasteiger partial charge in [-0.2, -0.15) is 5.10 Å². The van der Waals surface area contributed by atoms with E-state index in [4.69, 9.17) is 9.15 Å². The van der Waals surface area contributed by atoms with Crippen molar-refractivity contribution in [2.45, 2.75) is 59.3 Å². The van der Waals surface area contributed by atoms with Gasteiger partial charge >= 0.3 is 0 Å². The molecular formula is C22H30N2O3. The number of nitrogens with zero attached hydrogens (tertiary/aromatic N) is 1. The van der Waals surface area contributed by atoms with Crippen LogP contribution in [0.15, 0.2) is 39.9 Å². The second-order valence-corrected chi connectivity index (χ2v) is 6.71. The van der Waals surface area contributed by atoms with Gasteiger partial charge in [0.2, 0.25) is 0 Å². The van der Waals surface area contributed by atoms with Crippen LogP contribution in [0.4, 0.5) is 0 Å². The van der Waals surface area contributed by atoms with Crippen molar-refractivity contribution in [3.05, 3.63) is 53.0 Å². The molecule has 1 aromatic heterocycles. The molecule has 0 saturated carbocycles. The van der Waals surface area contributed by atoms with Crippen molar-refractivity contribution in [2.75, 3.05) is 6.61 Å². The minimum Gasteiger partial charge on any atom is -0.494 e. The summed E-state index contributed by atoms with van der Waals surface area (Å²) in [4.78, 5) is 12.0. The van der Waals surface area contributed by atoms with E-state index in [2.05, 4.69) is 17.5 Å². The van der Waals surface area contributed by atoms with Crippen LogP contribution in [0.1, 0.15) is 72.9 Å². The SMILES string of the molecule is CCCCCCCCOc1ccc(/C=N/NC(=O)c2cc(C)oc2C)cc1. The van der Waals surface area contributed by atoms with Gasteiger partial charge in [-0.25, -0.2) is 5.43 Å². The molecule has 1 amide bonds. The van der Waals surface area contributed by atoms with E-state index in [0.717, 1.165) is 24.3 Å². The zero-order chi connectivity index (χ0) is 19.5. The van der Waals surface area contributed by atoms with E-state index in [1.54, 1.807) is 19.2 Å². The van der Waals surface area contributed by atoms with Gasteiger partial charge in [-0.1, -0.05) is 39.0 Å². The summed E-state index contributed by atoms with van der Waals surface area (Å²) in [5, 5.41) is 4.00. The molecule has 2 rings (SSSR count). The van der Waals surface area contributed by atoms with Crippen molar-refractivity contribution in [2.24, 2.45) is 5.10 Å². The maximum atomic E-state index is 12.0. The van der Waals surface area contributed by atoms with E-state index >= 15 is 0 Å². The van der Waals surface area contributed by atoms with Crippen molar-refractivity contribution >= 4 is 12.1 Å². The highest BCUT2D eigenvalue weighted by molar-refractivity contribution is 5.95. The van der Waals surface area contributed by atoms with Gasteiger partial charge in [0.15, 0.2) is 0 Å². The van der Waals surface area contributed by atoms with Crippen LogP contribution in [0, 0.1) is 13.8 Å². The Bertz CT molecular complexity index is 733. The Morgan fingerprint density at radius 1 is 1.11 bits per heavy atom. The van der Waals surface area contributed by atoms with Crippen LogP contribution in [0.3, 0.4) is 0 Å². The molecule has 0 radical (unpaired) electrons. The number of benzene rings is 1. The van der Waals surface area contributed by atoms with Crippen molar-refractivity contribution in [3.8, 4) is 5.75 Å².